The summed E-state index contributed by atoms with van der Waals surface area (Å²) in [5.74, 6) is -0.0918. The van der Waals surface area contributed by atoms with Crippen molar-refractivity contribution in [3.8, 4) is 0 Å². The number of pyridine rings is 1. The molecule has 3 rings (SSSR count). The summed E-state index contributed by atoms with van der Waals surface area (Å²) in [6.07, 6.45) is 6.11. The van der Waals surface area contributed by atoms with E-state index < -0.39 is 12.5 Å². The lowest BCUT2D eigenvalue weighted by molar-refractivity contribution is -0.168. The number of hydrogen-bond acceptors (Lipinski definition) is 6. The first-order valence-corrected chi connectivity index (χ1v) is 9.96. The Morgan fingerprint density at radius 3 is 2.80 bits per heavy atom. The molecule has 1 aliphatic carbocycles. The average molecular weight is 365 g/mol. The second-order valence-corrected chi connectivity index (χ2v) is 8.15. The van der Waals surface area contributed by atoms with Crippen LogP contribution in [0.1, 0.15) is 55.7 Å². The van der Waals surface area contributed by atoms with E-state index in [1.807, 2.05) is 26.0 Å². The zero-order valence-electron chi connectivity index (χ0n) is 14.9. The highest BCUT2D eigenvalue weighted by molar-refractivity contribution is 7.19. The van der Waals surface area contributed by atoms with Crippen LogP contribution in [0.5, 0.6) is 0 Å². The third-order valence-electron chi connectivity index (χ3n) is 4.90. The molecule has 0 bridgehead atoms. The fourth-order valence-corrected chi connectivity index (χ4v) is 4.30. The van der Waals surface area contributed by atoms with Crippen molar-refractivity contribution in [3.63, 3.8) is 0 Å². The van der Waals surface area contributed by atoms with Gasteiger partial charge in [-0.05, 0) is 37.5 Å². The van der Waals surface area contributed by atoms with E-state index in [0.717, 1.165) is 33.5 Å². The monoisotopic (exact) mass is 364 g/mol. The molecule has 0 spiro atoms. The molecule has 0 aliphatic heterocycles. The van der Waals surface area contributed by atoms with Crippen molar-refractivity contribution in [2.75, 3.05) is 6.54 Å². The summed E-state index contributed by atoms with van der Waals surface area (Å²) < 4.78 is 6.89. The van der Waals surface area contributed by atoms with Crippen LogP contribution in [0.4, 0.5) is 0 Å². The molecule has 0 aromatic carbocycles. The lowest BCUT2D eigenvalue weighted by Crippen LogP contribution is -2.35. The molecular formula is C19H28N2O3S. The van der Waals surface area contributed by atoms with Gasteiger partial charge in [0.05, 0.1) is 21.2 Å². The molecule has 1 saturated carbocycles. The van der Waals surface area contributed by atoms with E-state index in [2.05, 4.69) is 10.3 Å². The van der Waals surface area contributed by atoms with E-state index in [9.17, 15) is 10.2 Å². The quantitative estimate of drug-likeness (QED) is 0.656. The first-order chi connectivity index (χ1) is 12.0. The van der Waals surface area contributed by atoms with Gasteiger partial charge in [-0.25, -0.2) is 0 Å². The molecular weight excluding hydrogens is 336 g/mol. The van der Waals surface area contributed by atoms with E-state index in [4.69, 9.17) is 4.74 Å². The number of rotatable bonds is 7. The summed E-state index contributed by atoms with van der Waals surface area (Å²) in [5.41, 5.74) is 2.08. The summed E-state index contributed by atoms with van der Waals surface area (Å²) in [6.45, 7) is 4.46. The molecule has 2 aromatic rings. The molecule has 0 radical (unpaired) electrons. The SMILES string of the molecule is Cc1ccnc2cc(C(O)NC[C@@H](C)C(O)OC3CCCCC3)sc12. The molecule has 6 heteroatoms. The first kappa shape index (κ1) is 18.7. The number of nitrogens with one attached hydrogen (secondary N) is 1. The Balaban J connectivity index is 1.51. The van der Waals surface area contributed by atoms with E-state index in [1.165, 1.54) is 19.3 Å². The van der Waals surface area contributed by atoms with Crippen LogP contribution in [0, 0.1) is 12.8 Å². The van der Waals surface area contributed by atoms with Crippen LogP contribution in [0.15, 0.2) is 18.3 Å². The Labute approximate surface area is 153 Å². The predicted molar refractivity (Wildman–Crippen MR) is 100 cm³/mol. The van der Waals surface area contributed by atoms with Crippen LogP contribution in [0.25, 0.3) is 10.2 Å². The van der Waals surface area contributed by atoms with Gasteiger partial charge in [0.2, 0.25) is 0 Å². The van der Waals surface area contributed by atoms with Crippen LogP contribution in [-0.2, 0) is 4.74 Å². The molecule has 138 valence electrons. The number of aliphatic hydroxyl groups is 2. The van der Waals surface area contributed by atoms with Crippen LogP contribution >= 0.6 is 11.3 Å². The maximum absolute atomic E-state index is 10.4. The van der Waals surface area contributed by atoms with E-state index in [0.29, 0.717) is 6.54 Å². The van der Waals surface area contributed by atoms with Gasteiger partial charge >= 0.3 is 0 Å². The zero-order chi connectivity index (χ0) is 17.8. The molecule has 25 heavy (non-hydrogen) atoms. The highest BCUT2D eigenvalue weighted by atomic mass is 32.1. The fourth-order valence-electron chi connectivity index (χ4n) is 3.25. The normalized spacial score (nSPS) is 19.8. The van der Waals surface area contributed by atoms with Gasteiger partial charge in [0.25, 0.3) is 0 Å². The van der Waals surface area contributed by atoms with Gasteiger partial charge in [0.15, 0.2) is 6.29 Å². The highest BCUT2D eigenvalue weighted by Crippen LogP contribution is 2.30. The van der Waals surface area contributed by atoms with Crippen molar-refractivity contribution in [1.29, 1.82) is 0 Å². The molecule has 0 amide bonds. The maximum Gasteiger partial charge on any atom is 0.158 e. The Morgan fingerprint density at radius 2 is 2.08 bits per heavy atom. The molecule has 2 aromatic heterocycles. The second-order valence-electron chi connectivity index (χ2n) is 7.07. The maximum atomic E-state index is 10.4. The first-order valence-electron chi connectivity index (χ1n) is 9.14. The standard InChI is InChI=1S/C19H28N2O3S/c1-12-8-9-20-15-10-16(25-17(12)15)18(22)21-11-13(2)19(23)24-14-6-4-3-5-7-14/h8-10,13-14,18-19,21-23H,3-7,11H2,1-2H3/t13-,18?,19?/m1/s1. The Kier molecular flexibility index (Phi) is 6.41. The van der Waals surface area contributed by atoms with Crippen molar-refractivity contribution in [2.45, 2.75) is 64.6 Å². The molecule has 2 unspecified atom stereocenters. The molecule has 1 fully saturated rings. The largest absolute Gasteiger partial charge is 0.373 e. The Morgan fingerprint density at radius 1 is 1.32 bits per heavy atom. The number of aromatic nitrogens is 1. The molecule has 0 saturated heterocycles. The Hall–Kier alpha value is -1.05. The van der Waals surface area contributed by atoms with Crippen LogP contribution in [0.2, 0.25) is 0 Å². The zero-order valence-corrected chi connectivity index (χ0v) is 15.8. The predicted octanol–water partition coefficient (Wildman–Crippen LogP) is 3.49. The summed E-state index contributed by atoms with van der Waals surface area (Å²) in [4.78, 5) is 5.18. The minimum atomic E-state index is -0.797. The molecule has 3 atom stereocenters. The molecule has 2 heterocycles. The van der Waals surface area contributed by atoms with E-state index in [-0.39, 0.29) is 12.0 Å². The van der Waals surface area contributed by atoms with Crippen LogP contribution in [0.3, 0.4) is 0 Å². The van der Waals surface area contributed by atoms with E-state index >= 15 is 0 Å². The van der Waals surface area contributed by atoms with Crippen molar-refractivity contribution >= 4 is 21.6 Å². The number of hydrogen-bond donors (Lipinski definition) is 3. The highest BCUT2D eigenvalue weighted by Gasteiger charge is 2.23. The van der Waals surface area contributed by atoms with Crippen LogP contribution < -0.4 is 5.32 Å². The number of aryl methyl sites for hydroxylation is 1. The summed E-state index contributed by atoms with van der Waals surface area (Å²) in [6, 6.07) is 3.90. The number of fused-ring (bicyclic) bond motifs is 1. The Bertz CT molecular complexity index is 684. The number of aliphatic hydroxyl groups excluding tert-OH is 2. The molecule has 3 N–H and O–H groups in total. The lowest BCUT2D eigenvalue weighted by Gasteiger charge is -2.28. The topological polar surface area (TPSA) is 74.6 Å². The van der Waals surface area contributed by atoms with Gasteiger partial charge < -0.3 is 14.9 Å². The third-order valence-corrected chi connectivity index (χ3v) is 6.21. The number of thiophene rings is 1. The molecule has 5 nitrogen and oxygen atoms in total. The average Bonchev–Trinajstić information content (AvgIpc) is 3.06. The summed E-state index contributed by atoms with van der Waals surface area (Å²) >= 11 is 1.55. The lowest BCUT2D eigenvalue weighted by atomic mass is 9.97. The van der Waals surface area contributed by atoms with Gasteiger partial charge in [-0.1, -0.05) is 26.2 Å². The van der Waals surface area contributed by atoms with Gasteiger partial charge in [0, 0.05) is 18.7 Å². The summed E-state index contributed by atoms with van der Waals surface area (Å²) in [7, 11) is 0. The van der Waals surface area contributed by atoms with Gasteiger partial charge in [-0.3, -0.25) is 10.3 Å². The van der Waals surface area contributed by atoms with Crippen molar-refractivity contribution in [2.24, 2.45) is 5.92 Å². The van der Waals surface area contributed by atoms with Crippen LogP contribution in [-0.4, -0.2) is 34.1 Å². The smallest absolute Gasteiger partial charge is 0.158 e. The minimum Gasteiger partial charge on any atom is -0.373 e. The summed E-state index contributed by atoms with van der Waals surface area (Å²) in [5, 5.41) is 23.8. The third kappa shape index (κ3) is 4.77. The number of ether oxygens (including phenoxy) is 1. The van der Waals surface area contributed by atoms with Gasteiger partial charge in [0.1, 0.15) is 6.23 Å². The van der Waals surface area contributed by atoms with Crippen molar-refractivity contribution in [3.05, 3.63) is 28.8 Å². The van der Waals surface area contributed by atoms with Gasteiger partial charge in [-0.2, -0.15) is 0 Å². The molecule has 1 aliphatic rings. The van der Waals surface area contributed by atoms with Gasteiger partial charge in [-0.15, -0.1) is 11.3 Å². The second kappa shape index (κ2) is 8.56. The van der Waals surface area contributed by atoms with Crippen molar-refractivity contribution < 1.29 is 14.9 Å². The minimum absolute atomic E-state index is 0.0918. The fraction of sp³-hybridized carbons (Fsp3) is 0.632. The number of nitrogens with zero attached hydrogens (tertiary/aromatic N) is 1. The van der Waals surface area contributed by atoms with Crippen molar-refractivity contribution in [1.82, 2.24) is 10.3 Å². The van der Waals surface area contributed by atoms with E-state index in [1.54, 1.807) is 17.5 Å².